The molecule has 1 amide bonds. The third-order valence-corrected chi connectivity index (χ3v) is 8.49. The SMILES string of the molecule is CCCCCCCC/C=C\CCCCCCC(C(N)=O)C(CCCCCC/C=C\CCCCCCCC)C(=O)OCC. The van der Waals surface area contributed by atoms with Crippen molar-refractivity contribution < 1.29 is 14.3 Å². The zero-order valence-corrected chi connectivity index (χ0v) is 28.4. The van der Waals surface area contributed by atoms with Crippen LogP contribution in [0.2, 0.25) is 0 Å². The number of nitrogens with two attached hydrogens (primary N) is 1. The second-order valence-electron chi connectivity index (χ2n) is 12.4. The minimum Gasteiger partial charge on any atom is -0.466 e. The monoisotopic (exact) mass is 590 g/mol. The highest BCUT2D eigenvalue weighted by Gasteiger charge is 2.32. The molecule has 0 saturated heterocycles. The van der Waals surface area contributed by atoms with E-state index >= 15 is 0 Å². The van der Waals surface area contributed by atoms with Gasteiger partial charge in [-0.05, 0) is 71.1 Å². The molecule has 2 atom stereocenters. The number of primary amides is 1. The van der Waals surface area contributed by atoms with Gasteiger partial charge in [0, 0.05) is 0 Å². The smallest absolute Gasteiger partial charge is 0.309 e. The van der Waals surface area contributed by atoms with Gasteiger partial charge in [-0.2, -0.15) is 0 Å². The van der Waals surface area contributed by atoms with Crippen LogP contribution in [0.5, 0.6) is 0 Å². The standard InChI is InChI=1S/C38H71NO3/c1-4-7-9-11-13-15-17-19-21-23-25-27-29-31-33-35(37(39)40)36(38(41)42-6-3)34-32-30-28-26-24-22-20-18-16-14-12-10-8-5-2/h19-22,35-36H,4-18,23-34H2,1-3H3,(H2,39,40)/b21-19-,22-20-. The number of rotatable bonds is 32. The summed E-state index contributed by atoms with van der Waals surface area (Å²) in [5.41, 5.74) is 5.81. The largest absolute Gasteiger partial charge is 0.466 e. The Hall–Kier alpha value is -1.58. The Morgan fingerprint density at radius 1 is 0.500 bits per heavy atom. The molecule has 2 N–H and O–H groups in total. The lowest BCUT2D eigenvalue weighted by molar-refractivity contribution is -0.153. The van der Waals surface area contributed by atoms with Crippen molar-refractivity contribution in [3.63, 3.8) is 0 Å². The summed E-state index contributed by atoms with van der Waals surface area (Å²) in [4.78, 5) is 25.1. The van der Waals surface area contributed by atoms with Gasteiger partial charge in [-0.15, -0.1) is 0 Å². The number of carbonyl (C=O) groups excluding carboxylic acids is 2. The highest BCUT2D eigenvalue weighted by atomic mass is 16.5. The number of hydrogen-bond acceptors (Lipinski definition) is 3. The Labute approximate surface area is 262 Å². The molecule has 0 rings (SSSR count). The predicted octanol–water partition coefficient (Wildman–Crippen LogP) is 11.6. The summed E-state index contributed by atoms with van der Waals surface area (Å²) in [5.74, 6) is -1.40. The topological polar surface area (TPSA) is 69.4 Å². The number of hydrogen-bond donors (Lipinski definition) is 1. The third kappa shape index (κ3) is 26.1. The summed E-state index contributed by atoms with van der Waals surface area (Å²) in [6, 6.07) is 0. The van der Waals surface area contributed by atoms with E-state index in [4.69, 9.17) is 10.5 Å². The van der Waals surface area contributed by atoms with Crippen LogP contribution in [0.3, 0.4) is 0 Å². The Kier molecular flexibility index (Phi) is 31.1. The Bertz CT molecular complexity index is 657. The molecule has 0 aromatic rings. The molecule has 0 heterocycles. The zero-order chi connectivity index (χ0) is 30.9. The van der Waals surface area contributed by atoms with Crippen LogP contribution in [0, 0.1) is 11.8 Å². The van der Waals surface area contributed by atoms with Crippen LogP contribution < -0.4 is 5.73 Å². The van der Waals surface area contributed by atoms with Gasteiger partial charge in [-0.3, -0.25) is 9.59 Å². The van der Waals surface area contributed by atoms with Crippen LogP contribution >= 0.6 is 0 Å². The van der Waals surface area contributed by atoms with Crippen LogP contribution in [0.25, 0.3) is 0 Å². The van der Waals surface area contributed by atoms with Crippen molar-refractivity contribution in [1.29, 1.82) is 0 Å². The van der Waals surface area contributed by atoms with E-state index in [-0.39, 0.29) is 11.9 Å². The van der Waals surface area contributed by atoms with Crippen molar-refractivity contribution in [3.8, 4) is 0 Å². The molecule has 0 bridgehead atoms. The third-order valence-electron chi connectivity index (χ3n) is 8.49. The number of amides is 1. The van der Waals surface area contributed by atoms with E-state index in [9.17, 15) is 9.59 Å². The van der Waals surface area contributed by atoms with Crippen molar-refractivity contribution in [2.24, 2.45) is 17.6 Å². The minimum atomic E-state index is -0.411. The highest BCUT2D eigenvalue weighted by molar-refractivity contribution is 5.84. The fourth-order valence-electron chi connectivity index (χ4n) is 5.79. The van der Waals surface area contributed by atoms with Crippen molar-refractivity contribution >= 4 is 11.9 Å². The Morgan fingerprint density at radius 2 is 0.833 bits per heavy atom. The average molecular weight is 590 g/mol. The van der Waals surface area contributed by atoms with Crippen LogP contribution in [0.4, 0.5) is 0 Å². The quantitative estimate of drug-likeness (QED) is 0.0482. The van der Waals surface area contributed by atoms with Gasteiger partial charge in [0.05, 0.1) is 18.4 Å². The maximum Gasteiger partial charge on any atom is 0.309 e. The van der Waals surface area contributed by atoms with Gasteiger partial charge in [-0.25, -0.2) is 0 Å². The zero-order valence-electron chi connectivity index (χ0n) is 28.4. The first-order valence-corrected chi connectivity index (χ1v) is 18.3. The summed E-state index contributed by atoms with van der Waals surface area (Å²) in [6.45, 7) is 6.70. The lowest BCUT2D eigenvalue weighted by Crippen LogP contribution is -2.35. The first kappa shape index (κ1) is 40.4. The molecule has 42 heavy (non-hydrogen) atoms. The van der Waals surface area contributed by atoms with Gasteiger partial charge in [0.15, 0.2) is 0 Å². The maximum absolute atomic E-state index is 12.8. The molecule has 4 nitrogen and oxygen atoms in total. The van der Waals surface area contributed by atoms with Gasteiger partial charge in [0.2, 0.25) is 5.91 Å². The normalized spacial score (nSPS) is 13.2. The molecule has 0 fully saturated rings. The average Bonchev–Trinajstić information content (AvgIpc) is 2.97. The molecule has 2 unspecified atom stereocenters. The molecule has 0 aromatic heterocycles. The van der Waals surface area contributed by atoms with Crippen molar-refractivity contribution in [2.75, 3.05) is 6.61 Å². The lowest BCUT2D eigenvalue weighted by Gasteiger charge is -2.23. The number of esters is 1. The van der Waals surface area contributed by atoms with Crippen LogP contribution in [-0.4, -0.2) is 18.5 Å². The first-order chi connectivity index (χ1) is 20.6. The summed E-state index contributed by atoms with van der Waals surface area (Å²) in [6.07, 6.45) is 40.4. The molecule has 0 spiro atoms. The molecule has 0 aliphatic heterocycles. The first-order valence-electron chi connectivity index (χ1n) is 18.3. The fraction of sp³-hybridized carbons (Fsp3) is 0.842. The van der Waals surface area contributed by atoms with E-state index in [1.54, 1.807) is 0 Å². The summed E-state index contributed by atoms with van der Waals surface area (Å²) >= 11 is 0. The number of allylic oxidation sites excluding steroid dienone is 4. The highest BCUT2D eigenvalue weighted by Crippen LogP contribution is 2.27. The molecule has 4 heteroatoms. The molecule has 0 saturated carbocycles. The Balaban J connectivity index is 4.16. The van der Waals surface area contributed by atoms with Gasteiger partial charge in [0.25, 0.3) is 0 Å². The van der Waals surface area contributed by atoms with Crippen LogP contribution in [-0.2, 0) is 14.3 Å². The van der Waals surface area contributed by atoms with Gasteiger partial charge in [0.1, 0.15) is 0 Å². The molecular formula is C38H71NO3. The molecule has 0 aliphatic rings. The molecule has 0 radical (unpaired) electrons. The second-order valence-corrected chi connectivity index (χ2v) is 12.4. The van der Waals surface area contributed by atoms with E-state index < -0.39 is 11.8 Å². The van der Waals surface area contributed by atoms with E-state index in [2.05, 4.69) is 38.2 Å². The van der Waals surface area contributed by atoms with Gasteiger partial charge >= 0.3 is 5.97 Å². The van der Waals surface area contributed by atoms with E-state index in [1.807, 2.05) is 6.92 Å². The number of unbranched alkanes of at least 4 members (excludes halogenated alkanes) is 20. The maximum atomic E-state index is 12.8. The van der Waals surface area contributed by atoms with Crippen LogP contribution in [0.15, 0.2) is 24.3 Å². The van der Waals surface area contributed by atoms with Gasteiger partial charge in [-0.1, -0.05) is 141 Å². The minimum absolute atomic E-state index is 0.241. The fourth-order valence-corrected chi connectivity index (χ4v) is 5.79. The molecule has 246 valence electrons. The van der Waals surface area contributed by atoms with Crippen molar-refractivity contribution in [2.45, 2.75) is 188 Å². The van der Waals surface area contributed by atoms with E-state index in [0.717, 1.165) is 51.4 Å². The molecular weight excluding hydrogens is 518 g/mol. The van der Waals surface area contributed by atoms with E-state index in [0.29, 0.717) is 19.4 Å². The Morgan fingerprint density at radius 3 is 1.19 bits per heavy atom. The number of carbonyl (C=O) groups is 2. The van der Waals surface area contributed by atoms with Gasteiger partial charge < -0.3 is 10.5 Å². The summed E-state index contributed by atoms with van der Waals surface area (Å²) in [5, 5.41) is 0. The van der Waals surface area contributed by atoms with E-state index in [1.165, 1.54) is 103 Å². The number of ether oxygens (including phenoxy) is 1. The molecule has 0 aromatic carbocycles. The molecule has 0 aliphatic carbocycles. The van der Waals surface area contributed by atoms with Crippen molar-refractivity contribution in [3.05, 3.63) is 24.3 Å². The summed E-state index contributed by atoms with van der Waals surface area (Å²) in [7, 11) is 0. The summed E-state index contributed by atoms with van der Waals surface area (Å²) < 4.78 is 5.37. The van der Waals surface area contributed by atoms with Crippen LogP contribution in [0.1, 0.15) is 188 Å². The van der Waals surface area contributed by atoms with Crippen molar-refractivity contribution in [1.82, 2.24) is 0 Å². The lowest BCUT2D eigenvalue weighted by atomic mass is 9.83. The second kappa shape index (κ2) is 32.3. The predicted molar refractivity (Wildman–Crippen MR) is 182 cm³/mol.